The third kappa shape index (κ3) is 7.21. The van der Waals surface area contributed by atoms with E-state index in [4.69, 9.17) is 9.47 Å². The van der Waals surface area contributed by atoms with E-state index in [2.05, 4.69) is 0 Å². The monoisotopic (exact) mass is 618 g/mol. The average Bonchev–Trinajstić information content (AvgIpc) is 3.48. The number of nitrogens with zero attached hydrogens (tertiary/aromatic N) is 2. The number of amides is 1. The van der Waals surface area contributed by atoms with Crippen LogP contribution in [0.1, 0.15) is 17.5 Å². The molecule has 1 heterocycles. The molecule has 2 atom stereocenters. The van der Waals surface area contributed by atoms with Crippen molar-refractivity contribution in [3.63, 3.8) is 0 Å². The minimum atomic E-state index is -4.05. The van der Waals surface area contributed by atoms with Gasteiger partial charge in [-0.25, -0.2) is 8.42 Å². The predicted octanol–water partition coefficient (Wildman–Crippen LogP) is 5.12. The highest BCUT2D eigenvalue weighted by atomic mass is 32.2. The molecule has 1 fully saturated rings. The van der Waals surface area contributed by atoms with E-state index >= 15 is 0 Å². The van der Waals surface area contributed by atoms with E-state index in [1.165, 1.54) is 16.3 Å². The number of carbonyl (C=O) groups excluding carboxylic acids is 2. The van der Waals surface area contributed by atoms with E-state index in [-0.39, 0.29) is 29.8 Å². The molecule has 1 aliphatic rings. The topological polar surface area (TPSA) is 93.2 Å². The highest BCUT2D eigenvalue weighted by Gasteiger charge is 2.45. The van der Waals surface area contributed by atoms with E-state index < -0.39 is 27.9 Å². The van der Waals surface area contributed by atoms with Crippen molar-refractivity contribution in [2.45, 2.75) is 35.0 Å². The number of methoxy groups -OCH3 is 1. The van der Waals surface area contributed by atoms with Crippen LogP contribution in [0.4, 0.5) is 0 Å². The molecule has 4 aromatic carbocycles. The van der Waals surface area contributed by atoms with E-state index in [1.54, 1.807) is 43.1 Å². The van der Waals surface area contributed by atoms with E-state index in [0.29, 0.717) is 17.6 Å². The quantitative estimate of drug-likeness (QED) is 0.216. The Balaban J connectivity index is 1.35. The van der Waals surface area contributed by atoms with Crippen molar-refractivity contribution < 1.29 is 27.5 Å². The van der Waals surface area contributed by atoms with Crippen molar-refractivity contribution in [2.24, 2.45) is 0 Å². The van der Waals surface area contributed by atoms with Gasteiger partial charge in [0, 0.05) is 30.0 Å². The van der Waals surface area contributed by atoms with E-state index in [0.717, 1.165) is 22.3 Å². The molecule has 1 aliphatic heterocycles. The van der Waals surface area contributed by atoms with Gasteiger partial charge in [0.25, 0.3) is 0 Å². The van der Waals surface area contributed by atoms with Crippen LogP contribution in [0.15, 0.2) is 102 Å². The Morgan fingerprint density at radius 1 is 0.907 bits per heavy atom. The van der Waals surface area contributed by atoms with Crippen LogP contribution in [0.5, 0.6) is 5.75 Å². The molecule has 10 heteroatoms. The third-order valence-electron chi connectivity index (χ3n) is 7.47. The zero-order valence-corrected chi connectivity index (χ0v) is 25.7. The molecule has 0 N–H and O–H groups in total. The van der Waals surface area contributed by atoms with Crippen molar-refractivity contribution in [2.75, 3.05) is 27.2 Å². The van der Waals surface area contributed by atoms with Gasteiger partial charge in [-0.3, -0.25) is 9.59 Å². The second kappa shape index (κ2) is 13.6. The molecule has 1 saturated heterocycles. The van der Waals surface area contributed by atoms with Gasteiger partial charge < -0.3 is 14.4 Å². The molecule has 5 rings (SSSR count). The van der Waals surface area contributed by atoms with Crippen LogP contribution in [0, 0.1) is 0 Å². The standard InChI is InChI=1S/C33H34N2O6S2/c1-34(21-32(36)41-22-24-9-4-3-5-10-24)33(37)30-19-28(42-23-25-15-17-27(40-2)18-16-25)20-35(30)43(38,39)31-14-8-12-26-11-6-7-13-29(26)31/h3-18,28,30H,19-23H2,1-2H3. The summed E-state index contributed by atoms with van der Waals surface area (Å²) < 4.78 is 40.3. The molecule has 0 spiro atoms. The van der Waals surface area contributed by atoms with Gasteiger partial charge in [0.2, 0.25) is 15.9 Å². The first kappa shape index (κ1) is 30.6. The van der Waals surface area contributed by atoms with Gasteiger partial charge in [0.1, 0.15) is 24.9 Å². The van der Waals surface area contributed by atoms with Gasteiger partial charge in [-0.2, -0.15) is 16.1 Å². The fraction of sp³-hybridized carbons (Fsp3) is 0.273. The summed E-state index contributed by atoms with van der Waals surface area (Å²) in [5.74, 6) is 0.414. The summed E-state index contributed by atoms with van der Waals surface area (Å²) in [6.45, 7) is -0.0140. The number of hydrogen-bond donors (Lipinski definition) is 0. The van der Waals surface area contributed by atoms with Gasteiger partial charge in [-0.15, -0.1) is 0 Å². The molecule has 4 aromatic rings. The molecule has 1 amide bonds. The second-order valence-electron chi connectivity index (χ2n) is 10.4. The number of fused-ring (bicyclic) bond motifs is 1. The van der Waals surface area contributed by atoms with E-state index in [1.807, 2.05) is 72.8 Å². The summed E-state index contributed by atoms with van der Waals surface area (Å²) in [5, 5.41) is 1.27. The summed E-state index contributed by atoms with van der Waals surface area (Å²) in [7, 11) is -0.931. The Morgan fingerprint density at radius 2 is 1.60 bits per heavy atom. The molecule has 0 bridgehead atoms. The average molecular weight is 619 g/mol. The minimum Gasteiger partial charge on any atom is -0.497 e. The molecular formula is C33H34N2O6S2. The van der Waals surface area contributed by atoms with Crippen molar-refractivity contribution in [3.05, 3.63) is 108 Å². The summed E-state index contributed by atoms with van der Waals surface area (Å²) in [6, 6.07) is 28.5. The van der Waals surface area contributed by atoms with E-state index in [9.17, 15) is 18.0 Å². The Hall–Kier alpha value is -3.86. The molecule has 0 saturated carbocycles. The number of sulfonamides is 1. The Labute approximate surface area is 256 Å². The molecule has 0 radical (unpaired) electrons. The number of carbonyl (C=O) groups is 2. The number of hydrogen-bond acceptors (Lipinski definition) is 7. The Morgan fingerprint density at radius 3 is 2.35 bits per heavy atom. The van der Waals surface area contributed by atoms with Gasteiger partial charge in [0.15, 0.2) is 0 Å². The predicted molar refractivity (Wildman–Crippen MR) is 168 cm³/mol. The first-order chi connectivity index (χ1) is 20.8. The van der Waals surface area contributed by atoms with Crippen LogP contribution in [0.3, 0.4) is 0 Å². The van der Waals surface area contributed by atoms with Gasteiger partial charge in [-0.05, 0) is 41.1 Å². The van der Waals surface area contributed by atoms with Gasteiger partial charge in [-0.1, -0.05) is 78.9 Å². The van der Waals surface area contributed by atoms with Crippen LogP contribution in [-0.4, -0.2) is 68.0 Å². The number of benzene rings is 4. The normalized spacial score (nSPS) is 17.1. The van der Waals surface area contributed by atoms with Gasteiger partial charge >= 0.3 is 5.97 Å². The Bertz CT molecular complexity index is 1670. The zero-order valence-electron chi connectivity index (χ0n) is 24.1. The minimum absolute atomic E-state index is 0.0940. The lowest BCUT2D eigenvalue weighted by atomic mass is 10.1. The highest BCUT2D eigenvalue weighted by Crippen LogP contribution is 2.36. The Kier molecular flexibility index (Phi) is 9.69. The van der Waals surface area contributed by atoms with Crippen molar-refractivity contribution >= 4 is 44.4 Å². The number of ether oxygens (including phenoxy) is 2. The number of esters is 1. The summed E-state index contributed by atoms with van der Waals surface area (Å²) in [6.07, 6.45) is 0.326. The SMILES string of the molecule is COc1ccc(CSC2CC(C(=O)N(C)CC(=O)OCc3ccccc3)N(S(=O)(=O)c3cccc4ccccc34)C2)cc1. The maximum atomic E-state index is 14.2. The van der Waals surface area contributed by atoms with Crippen LogP contribution in [0.2, 0.25) is 0 Å². The number of likely N-dealkylation sites (N-methyl/N-ethyl adjacent to an activating group) is 1. The fourth-order valence-corrected chi connectivity index (χ4v) is 8.33. The first-order valence-electron chi connectivity index (χ1n) is 13.9. The molecule has 0 aliphatic carbocycles. The zero-order chi connectivity index (χ0) is 30.4. The maximum Gasteiger partial charge on any atom is 0.325 e. The molecule has 43 heavy (non-hydrogen) atoms. The van der Waals surface area contributed by atoms with Crippen LogP contribution >= 0.6 is 11.8 Å². The molecule has 8 nitrogen and oxygen atoms in total. The first-order valence-corrected chi connectivity index (χ1v) is 16.4. The largest absolute Gasteiger partial charge is 0.497 e. The van der Waals surface area contributed by atoms with Crippen molar-refractivity contribution in [1.29, 1.82) is 0 Å². The van der Waals surface area contributed by atoms with Crippen molar-refractivity contribution in [3.8, 4) is 5.75 Å². The summed E-state index contributed by atoms with van der Waals surface area (Å²) >= 11 is 1.61. The fourth-order valence-electron chi connectivity index (χ4n) is 5.17. The van der Waals surface area contributed by atoms with Crippen molar-refractivity contribution in [1.82, 2.24) is 9.21 Å². The molecule has 0 aromatic heterocycles. The van der Waals surface area contributed by atoms with Gasteiger partial charge in [0.05, 0.1) is 12.0 Å². The summed E-state index contributed by atoms with van der Waals surface area (Å²) in [4.78, 5) is 27.8. The molecular weight excluding hydrogens is 585 g/mol. The molecule has 224 valence electrons. The highest BCUT2D eigenvalue weighted by molar-refractivity contribution is 7.99. The molecule has 2 unspecified atom stereocenters. The number of rotatable bonds is 11. The third-order valence-corrected chi connectivity index (χ3v) is 10.7. The second-order valence-corrected chi connectivity index (χ2v) is 13.6. The summed E-state index contributed by atoms with van der Waals surface area (Å²) in [5.41, 5.74) is 1.91. The van der Waals surface area contributed by atoms with Crippen LogP contribution in [-0.2, 0) is 36.7 Å². The van der Waals surface area contributed by atoms with Crippen LogP contribution < -0.4 is 4.74 Å². The number of thioether (sulfide) groups is 1. The smallest absolute Gasteiger partial charge is 0.325 e. The maximum absolute atomic E-state index is 14.2. The van der Waals surface area contributed by atoms with Crippen LogP contribution in [0.25, 0.3) is 10.8 Å². The lowest BCUT2D eigenvalue weighted by Gasteiger charge is -2.27. The lowest BCUT2D eigenvalue weighted by Crippen LogP contribution is -2.47. The lowest BCUT2D eigenvalue weighted by molar-refractivity contribution is -0.150.